The van der Waals surface area contributed by atoms with Gasteiger partial charge in [-0.15, -0.1) is 0 Å². The zero-order valence-corrected chi connectivity index (χ0v) is 19.5. The molecule has 5 nitrogen and oxygen atoms in total. The van der Waals surface area contributed by atoms with E-state index in [1.165, 1.54) is 11.6 Å². The molecule has 0 amide bonds. The highest BCUT2D eigenvalue weighted by Crippen LogP contribution is 2.43. The van der Waals surface area contributed by atoms with Crippen LogP contribution >= 0.6 is 0 Å². The maximum absolute atomic E-state index is 13.1. The summed E-state index contributed by atoms with van der Waals surface area (Å²) in [6.45, 7) is 8.35. The number of anilines is 1. The fraction of sp³-hybridized carbons (Fsp3) is 0.500. The maximum Gasteiger partial charge on any atom is 0.417 e. The van der Waals surface area contributed by atoms with E-state index in [0.717, 1.165) is 82.3 Å². The summed E-state index contributed by atoms with van der Waals surface area (Å²) in [4.78, 5) is 11.4. The largest absolute Gasteiger partial charge is 0.496 e. The summed E-state index contributed by atoms with van der Waals surface area (Å²) < 4.78 is 45.3. The molecule has 5 rings (SSSR count). The lowest BCUT2D eigenvalue weighted by atomic mass is 9.81. The molecule has 1 unspecified atom stereocenters. The number of benzene rings is 1. The van der Waals surface area contributed by atoms with Crippen molar-refractivity contribution in [2.24, 2.45) is 0 Å². The molecule has 1 aromatic heterocycles. The van der Waals surface area contributed by atoms with Crippen LogP contribution in [0.4, 0.5) is 19.0 Å². The number of allylic oxidation sites excluding steroid dienone is 1. The molecule has 8 heteroatoms. The second-order valence-corrected chi connectivity index (χ2v) is 9.46. The molecule has 1 aromatic carbocycles. The van der Waals surface area contributed by atoms with Crippen LogP contribution in [0.5, 0.6) is 0 Å². The molecule has 3 aliphatic rings. The Balaban J connectivity index is 1.34. The Kier molecular flexibility index (Phi) is 6.29. The van der Waals surface area contributed by atoms with Crippen LogP contribution in [0.2, 0.25) is 0 Å². The van der Waals surface area contributed by atoms with E-state index in [-0.39, 0.29) is 5.54 Å². The minimum Gasteiger partial charge on any atom is -0.496 e. The minimum atomic E-state index is -4.39. The smallest absolute Gasteiger partial charge is 0.417 e. The molecule has 0 saturated carbocycles. The minimum absolute atomic E-state index is 0.0878. The SMILES string of the molecule is CCC1=C2CC(N3CCN(Cc4ccccc4)CC3)(CCO2)CN1c1ccc(C(F)(F)F)cn1. The van der Waals surface area contributed by atoms with E-state index in [9.17, 15) is 13.2 Å². The summed E-state index contributed by atoms with van der Waals surface area (Å²) in [6, 6.07) is 13.2. The van der Waals surface area contributed by atoms with Gasteiger partial charge in [0.1, 0.15) is 11.6 Å². The van der Waals surface area contributed by atoms with Gasteiger partial charge in [0.2, 0.25) is 0 Å². The quantitative estimate of drug-likeness (QED) is 0.618. The molecule has 4 heterocycles. The number of ether oxygens (including phenoxy) is 1. The summed E-state index contributed by atoms with van der Waals surface area (Å²) in [5, 5.41) is 0. The third kappa shape index (κ3) is 4.53. The van der Waals surface area contributed by atoms with E-state index < -0.39 is 11.7 Å². The van der Waals surface area contributed by atoms with Crippen molar-refractivity contribution in [3.05, 3.63) is 71.2 Å². The summed E-state index contributed by atoms with van der Waals surface area (Å²) in [5.74, 6) is 1.52. The van der Waals surface area contributed by atoms with E-state index in [2.05, 4.69) is 50.9 Å². The number of rotatable bonds is 5. The second-order valence-electron chi connectivity index (χ2n) is 9.46. The fourth-order valence-electron chi connectivity index (χ4n) is 5.58. The maximum atomic E-state index is 13.1. The number of alkyl halides is 3. The molecule has 1 atom stereocenters. The number of pyridine rings is 1. The molecule has 0 spiro atoms. The van der Waals surface area contributed by atoms with Crippen LogP contribution in [0.1, 0.15) is 37.3 Å². The van der Waals surface area contributed by atoms with Gasteiger partial charge in [-0.2, -0.15) is 13.2 Å². The Morgan fingerprint density at radius 1 is 1.03 bits per heavy atom. The van der Waals surface area contributed by atoms with Gasteiger partial charge in [-0.1, -0.05) is 37.3 Å². The first kappa shape index (κ1) is 23.2. The van der Waals surface area contributed by atoms with Crippen LogP contribution in [0.25, 0.3) is 0 Å². The van der Waals surface area contributed by atoms with Gasteiger partial charge in [0, 0.05) is 63.8 Å². The molecule has 34 heavy (non-hydrogen) atoms. The highest BCUT2D eigenvalue weighted by atomic mass is 19.4. The van der Waals surface area contributed by atoms with Crippen molar-refractivity contribution < 1.29 is 17.9 Å². The molecular formula is C26H31F3N4O. The van der Waals surface area contributed by atoms with Gasteiger partial charge >= 0.3 is 6.18 Å². The van der Waals surface area contributed by atoms with Crippen molar-refractivity contribution in [3.8, 4) is 0 Å². The molecule has 0 aliphatic carbocycles. The van der Waals surface area contributed by atoms with Gasteiger partial charge in [0.15, 0.2) is 0 Å². The fourth-order valence-corrected chi connectivity index (χ4v) is 5.58. The van der Waals surface area contributed by atoms with Crippen molar-refractivity contribution >= 4 is 5.82 Å². The van der Waals surface area contributed by atoms with E-state index in [1.54, 1.807) is 0 Å². The predicted octanol–water partition coefficient (Wildman–Crippen LogP) is 4.91. The van der Waals surface area contributed by atoms with Gasteiger partial charge in [0.25, 0.3) is 0 Å². The van der Waals surface area contributed by atoms with Crippen molar-refractivity contribution in [2.75, 3.05) is 44.2 Å². The molecule has 2 aromatic rings. The number of hydrogen-bond donors (Lipinski definition) is 0. The van der Waals surface area contributed by atoms with E-state index in [0.29, 0.717) is 12.4 Å². The van der Waals surface area contributed by atoms with Crippen molar-refractivity contribution in [3.63, 3.8) is 0 Å². The predicted molar refractivity (Wildman–Crippen MR) is 125 cm³/mol. The number of nitrogens with zero attached hydrogens (tertiary/aromatic N) is 4. The highest BCUT2D eigenvalue weighted by molar-refractivity contribution is 5.50. The standard InChI is InChI=1S/C26H31F3N4O/c1-2-22-23-16-25(10-15-34-23,19-33(22)24-9-8-21(17-30-24)26(27,28)29)32-13-11-31(12-14-32)18-20-6-4-3-5-7-20/h3-9,17H,2,10-16,18-19H2,1H3. The summed E-state index contributed by atoms with van der Waals surface area (Å²) in [6.07, 6.45) is -0.943. The Morgan fingerprint density at radius 2 is 1.79 bits per heavy atom. The Bertz CT molecular complexity index is 1020. The lowest BCUT2D eigenvalue weighted by Gasteiger charge is -2.55. The molecule has 182 valence electrons. The van der Waals surface area contributed by atoms with Gasteiger partial charge in [-0.05, 0) is 24.1 Å². The van der Waals surface area contributed by atoms with Gasteiger partial charge in [-0.3, -0.25) is 9.80 Å². The first-order valence-corrected chi connectivity index (χ1v) is 12.0. The van der Waals surface area contributed by atoms with Gasteiger partial charge in [-0.25, -0.2) is 4.98 Å². The Labute approximate surface area is 198 Å². The van der Waals surface area contributed by atoms with Crippen molar-refractivity contribution in [1.29, 1.82) is 0 Å². The highest BCUT2D eigenvalue weighted by Gasteiger charge is 2.47. The third-order valence-electron chi connectivity index (χ3n) is 7.41. The average molecular weight is 473 g/mol. The number of fused-ring (bicyclic) bond motifs is 2. The molecule has 0 N–H and O–H groups in total. The van der Waals surface area contributed by atoms with E-state index in [4.69, 9.17) is 4.74 Å². The van der Waals surface area contributed by atoms with Gasteiger partial charge < -0.3 is 9.64 Å². The number of hydrogen-bond acceptors (Lipinski definition) is 5. The molecule has 2 bridgehead atoms. The second kappa shape index (κ2) is 9.23. The molecule has 2 fully saturated rings. The topological polar surface area (TPSA) is 31.8 Å². The lowest BCUT2D eigenvalue weighted by Crippen LogP contribution is -2.64. The van der Waals surface area contributed by atoms with Crippen LogP contribution in [0.15, 0.2) is 60.1 Å². The van der Waals surface area contributed by atoms with Gasteiger partial charge in [0.05, 0.1) is 17.9 Å². The molecular weight excluding hydrogens is 441 g/mol. The van der Waals surface area contributed by atoms with Crippen molar-refractivity contribution in [2.45, 2.75) is 44.4 Å². The Morgan fingerprint density at radius 3 is 2.44 bits per heavy atom. The number of halogens is 3. The van der Waals surface area contributed by atoms with E-state index in [1.807, 2.05) is 6.07 Å². The molecule has 3 aliphatic heterocycles. The number of aromatic nitrogens is 1. The van der Waals surface area contributed by atoms with Crippen LogP contribution in [-0.2, 0) is 17.5 Å². The summed E-state index contributed by atoms with van der Waals surface area (Å²) in [7, 11) is 0. The first-order valence-electron chi connectivity index (χ1n) is 12.0. The Hall–Kier alpha value is -2.58. The van der Waals surface area contributed by atoms with Crippen LogP contribution < -0.4 is 4.90 Å². The molecule has 2 saturated heterocycles. The van der Waals surface area contributed by atoms with Crippen LogP contribution in [0, 0.1) is 0 Å². The first-order chi connectivity index (χ1) is 16.4. The average Bonchev–Trinajstić information content (AvgIpc) is 2.84. The molecule has 0 radical (unpaired) electrons. The van der Waals surface area contributed by atoms with Crippen LogP contribution in [0.3, 0.4) is 0 Å². The van der Waals surface area contributed by atoms with Crippen molar-refractivity contribution in [1.82, 2.24) is 14.8 Å². The zero-order chi connectivity index (χ0) is 23.8. The third-order valence-corrected chi connectivity index (χ3v) is 7.41. The summed E-state index contributed by atoms with van der Waals surface area (Å²) in [5.41, 5.74) is 1.55. The lowest BCUT2D eigenvalue weighted by molar-refractivity contribution is -0.137. The monoisotopic (exact) mass is 472 g/mol. The van der Waals surface area contributed by atoms with Crippen LogP contribution in [-0.4, -0.2) is 59.7 Å². The van der Waals surface area contributed by atoms with E-state index >= 15 is 0 Å². The summed E-state index contributed by atoms with van der Waals surface area (Å²) >= 11 is 0. The normalized spacial score (nSPS) is 24.3. The zero-order valence-electron chi connectivity index (χ0n) is 19.5. The number of piperazine rings is 1.